The molecule has 0 radical (unpaired) electrons. The first-order chi connectivity index (χ1) is 14.6. The number of benzene rings is 1. The molecule has 1 aromatic heterocycles. The molecule has 0 atom stereocenters. The summed E-state index contributed by atoms with van der Waals surface area (Å²) in [6.07, 6.45) is -2.52. The van der Waals surface area contributed by atoms with E-state index in [1.807, 2.05) is 36.9 Å². The summed E-state index contributed by atoms with van der Waals surface area (Å²) in [5, 5.41) is 5.48. The number of hydrogen-bond donors (Lipinski definition) is 2. The molecule has 1 saturated heterocycles. The highest BCUT2D eigenvalue weighted by Gasteiger charge is 2.31. The number of piperidine rings is 1. The van der Waals surface area contributed by atoms with Gasteiger partial charge in [-0.2, -0.15) is 13.2 Å². The summed E-state index contributed by atoms with van der Waals surface area (Å²) < 4.78 is 38.0. The van der Waals surface area contributed by atoms with Crippen LogP contribution in [0, 0.1) is 19.8 Å². The Bertz CT molecular complexity index is 937. The number of carbonyl (C=O) groups is 2. The third kappa shape index (κ3) is 5.74. The molecule has 2 N–H and O–H groups in total. The molecule has 1 aromatic carbocycles. The monoisotopic (exact) mass is 434 g/mol. The second-order valence-corrected chi connectivity index (χ2v) is 7.68. The van der Waals surface area contributed by atoms with E-state index in [1.165, 1.54) is 6.07 Å². The van der Waals surface area contributed by atoms with Gasteiger partial charge in [-0.05, 0) is 56.0 Å². The van der Waals surface area contributed by atoms with Gasteiger partial charge in [-0.25, -0.2) is 4.98 Å². The van der Waals surface area contributed by atoms with Gasteiger partial charge in [0.1, 0.15) is 5.82 Å². The van der Waals surface area contributed by atoms with Crippen LogP contribution in [0.5, 0.6) is 0 Å². The highest BCUT2D eigenvalue weighted by molar-refractivity contribution is 5.95. The lowest BCUT2D eigenvalue weighted by molar-refractivity contribution is -0.137. The number of carbonyl (C=O) groups excluding carboxylic acids is 2. The van der Waals surface area contributed by atoms with Crippen LogP contribution >= 0.6 is 0 Å². The van der Waals surface area contributed by atoms with Gasteiger partial charge in [0.15, 0.2) is 0 Å². The number of alkyl halides is 3. The van der Waals surface area contributed by atoms with Crippen LogP contribution < -0.4 is 15.5 Å². The maximum atomic E-state index is 12.7. The molecule has 2 aromatic rings. The number of aromatic nitrogens is 1. The number of aryl methyl sites for hydroxylation is 1. The van der Waals surface area contributed by atoms with Crippen LogP contribution in [0.3, 0.4) is 0 Å². The van der Waals surface area contributed by atoms with Crippen molar-refractivity contribution in [1.29, 1.82) is 0 Å². The molecule has 166 valence electrons. The van der Waals surface area contributed by atoms with Crippen LogP contribution in [0.4, 0.5) is 24.7 Å². The van der Waals surface area contributed by atoms with Crippen LogP contribution in [0.15, 0.2) is 36.5 Å². The van der Waals surface area contributed by atoms with Crippen molar-refractivity contribution in [2.75, 3.05) is 29.9 Å². The zero-order chi connectivity index (χ0) is 22.6. The molecule has 2 amide bonds. The van der Waals surface area contributed by atoms with E-state index in [0.717, 1.165) is 29.1 Å². The SMILES string of the molecule is Cc1cccc(NC(=O)CNC(=O)C2CCN(c3ccc(C(F)(F)F)cn3)CC2)c1C. The zero-order valence-electron chi connectivity index (χ0n) is 17.4. The third-order valence-electron chi connectivity index (χ3n) is 5.57. The molecule has 0 unspecified atom stereocenters. The average Bonchev–Trinajstić information content (AvgIpc) is 2.75. The van der Waals surface area contributed by atoms with Gasteiger partial charge in [-0.15, -0.1) is 0 Å². The van der Waals surface area contributed by atoms with Gasteiger partial charge >= 0.3 is 6.18 Å². The number of hydrogen-bond acceptors (Lipinski definition) is 4. The van der Waals surface area contributed by atoms with Crippen molar-refractivity contribution in [3.05, 3.63) is 53.2 Å². The number of pyridine rings is 1. The first-order valence-corrected chi connectivity index (χ1v) is 10.1. The van der Waals surface area contributed by atoms with Gasteiger partial charge in [0.2, 0.25) is 11.8 Å². The maximum Gasteiger partial charge on any atom is 0.417 e. The number of amides is 2. The smallest absolute Gasteiger partial charge is 0.357 e. The van der Waals surface area contributed by atoms with Crippen LogP contribution in [0.2, 0.25) is 0 Å². The van der Waals surface area contributed by atoms with Crippen LogP contribution in [0.1, 0.15) is 29.5 Å². The first kappa shape index (κ1) is 22.6. The molecule has 1 aliphatic rings. The van der Waals surface area contributed by atoms with Crippen LogP contribution in [0.25, 0.3) is 0 Å². The Morgan fingerprint density at radius 2 is 1.84 bits per heavy atom. The van der Waals surface area contributed by atoms with Crippen LogP contribution in [-0.2, 0) is 15.8 Å². The average molecular weight is 434 g/mol. The summed E-state index contributed by atoms with van der Waals surface area (Å²) in [5.41, 5.74) is 1.98. The summed E-state index contributed by atoms with van der Waals surface area (Å²) in [5.74, 6) is -0.288. The highest BCUT2D eigenvalue weighted by atomic mass is 19.4. The Morgan fingerprint density at radius 1 is 1.13 bits per heavy atom. The Hall–Kier alpha value is -3.10. The first-order valence-electron chi connectivity index (χ1n) is 10.1. The second kappa shape index (κ2) is 9.36. The maximum absolute atomic E-state index is 12.7. The Kier molecular flexibility index (Phi) is 6.82. The van der Waals surface area contributed by atoms with Gasteiger partial charge in [0, 0.05) is 30.9 Å². The summed E-state index contributed by atoms with van der Waals surface area (Å²) in [7, 11) is 0. The van der Waals surface area contributed by atoms with Crippen molar-refractivity contribution < 1.29 is 22.8 Å². The van der Waals surface area contributed by atoms with Crippen molar-refractivity contribution in [2.24, 2.45) is 5.92 Å². The molecule has 1 fully saturated rings. The predicted octanol–water partition coefficient (Wildman–Crippen LogP) is 3.69. The molecule has 0 saturated carbocycles. The minimum Gasteiger partial charge on any atom is -0.357 e. The Morgan fingerprint density at radius 3 is 2.45 bits per heavy atom. The molecule has 2 heterocycles. The quantitative estimate of drug-likeness (QED) is 0.753. The molecule has 3 rings (SSSR count). The Balaban J connectivity index is 1.46. The van der Waals surface area contributed by atoms with E-state index in [-0.39, 0.29) is 24.3 Å². The fourth-order valence-corrected chi connectivity index (χ4v) is 3.50. The van der Waals surface area contributed by atoms with E-state index < -0.39 is 11.7 Å². The molecule has 1 aliphatic heterocycles. The molecule has 9 heteroatoms. The van der Waals surface area contributed by atoms with Gasteiger partial charge in [0.05, 0.1) is 12.1 Å². The van der Waals surface area contributed by atoms with Crippen LogP contribution in [-0.4, -0.2) is 36.4 Å². The Labute approximate surface area is 178 Å². The van der Waals surface area contributed by atoms with E-state index in [0.29, 0.717) is 31.7 Å². The second-order valence-electron chi connectivity index (χ2n) is 7.68. The molecular formula is C22H25F3N4O2. The number of rotatable bonds is 5. The topological polar surface area (TPSA) is 74.3 Å². The fourth-order valence-electron chi connectivity index (χ4n) is 3.50. The van der Waals surface area contributed by atoms with Gasteiger partial charge in [0.25, 0.3) is 0 Å². The number of nitrogens with one attached hydrogen (secondary N) is 2. The van der Waals surface area contributed by atoms with E-state index in [1.54, 1.807) is 0 Å². The molecule has 0 bridgehead atoms. The summed E-state index contributed by atoms with van der Waals surface area (Å²) in [4.78, 5) is 30.4. The zero-order valence-corrected chi connectivity index (χ0v) is 17.4. The van der Waals surface area contributed by atoms with Crippen molar-refractivity contribution >= 4 is 23.3 Å². The van der Waals surface area contributed by atoms with E-state index >= 15 is 0 Å². The predicted molar refractivity (Wildman–Crippen MR) is 112 cm³/mol. The number of nitrogens with zero attached hydrogens (tertiary/aromatic N) is 2. The normalized spacial score (nSPS) is 14.9. The number of halogens is 3. The van der Waals surface area contributed by atoms with Gasteiger partial charge in [-0.1, -0.05) is 12.1 Å². The molecule has 0 spiro atoms. The molecule has 6 nitrogen and oxygen atoms in total. The minimum absolute atomic E-state index is 0.118. The van der Waals surface area contributed by atoms with Crippen molar-refractivity contribution in [2.45, 2.75) is 32.9 Å². The van der Waals surface area contributed by atoms with Gasteiger partial charge < -0.3 is 15.5 Å². The summed E-state index contributed by atoms with van der Waals surface area (Å²) in [6.45, 7) is 4.77. The summed E-state index contributed by atoms with van der Waals surface area (Å²) >= 11 is 0. The molecule has 31 heavy (non-hydrogen) atoms. The molecular weight excluding hydrogens is 409 g/mol. The highest BCUT2D eigenvalue weighted by Crippen LogP contribution is 2.30. The van der Waals surface area contributed by atoms with E-state index in [9.17, 15) is 22.8 Å². The fraction of sp³-hybridized carbons (Fsp3) is 0.409. The summed E-state index contributed by atoms with van der Waals surface area (Å²) in [6, 6.07) is 7.98. The van der Waals surface area contributed by atoms with Gasteiger partial charge in [-0.3, -0.25) is 9.59 Å². The number of anilines is 2. The van der Waals surface area contributed by atoms with E-state index in [4.69, 9.17) is 0 Å². The third-order valence-corrected chi connectivity index (χ3v) is 5.57. The van der Waals surface area contributed by atoms with Crippen molar-refractivity contribution in [3.8, 4) is 0 Å². The minimum atomic E-state index is -4.42. The lowest BCUT2D eigenvalue weighted by Gasteiger charge is -2.32. The molecule has 0 aliphatic carbocycles. The van der Waals surface area contributed by atoms with Crippen molar-refractivity contribution in [3.63, 3.8) is 0 Å². The lowest BCUT2D eigenvalue weighted by atomic mass is 9.96. The lowest BCUT2D eigenvalue weighted by Crippen LogP contribution is -2.42. The van der Waals surface area contributed by atoms with Crippen molar-refractivity contribution in [1.82, 2.24) is 10.3 Å². The van der Waals surface area contributed by atoms with E-state index in [2.05, 4.69) is 15.6 Å². The standard InChI is InChI=1S/C22H25F3N4O2/c1-14-4-3-5-18(15(14)2)28-20(30)13-27-21(31)16-8-10-29(11-9-16)19-7-6-17(12-26-19)22(23,24)25/h3-7,12,16H,8-11,13H2,1-2H3,(H,27,31)(H,28,30). The largest absolute Gasteiger partial charge is 0.417 e.